The minimum atomic E-state index is -3.62. The Morgan fingerprint density at radius 2 is 1.83 bits per heavy atom. The van der Waals surface area contributed by atoms with E-state index < -0.39 is 15.4 Å². The van der Waals surface area contributed by atoms with Gasteiger partial charge in [0.2, 0.25) is 15.9 Å². The minimum absolute atomic E-state index is 0.0936. The molecule has 1 fully saturated rings. The second-order valence-electron chi connectivity index (χ2n) is 8.51. The average molecular weight is 429 g/mol. The van der Waals surface area contributed by atoms with Crippen molar-refractivity contribution in [3.63, 3.8) is 0 Å². The van der Waals surface area contributed by atoms with Crippen LogP contribution in [0.4, 0.5) is 0 Å². The van der Waals surface area contributed by atoms with Gasteiger partial charge < -0.3 is 5.32 Å². The molecule has 162 valence electrons. The van der Waals surface area contributed by atoms with Crippen molar-refractivity contribution in [1.82, 2.24) is 9.62 Å². The van der Waals surface area contributed by atoms with Crippen molar-refractivity contribution in [2.24, 2.45) is 5.41 Å². The SMILES string of the molecule is CCCc1ccc(S(=O)(=O)N2CCC[C@@](C)(C(=O)NCc3ccccc3C)C2)cc1. The second kappa shape index (κ2) is 9.31. The van der Waals surface area contributed by atoms with Gasteiger partial charge in [-0.05, 0) is 61.9 Å². The molecular formula is C24H32N2O3S. The highest BCUT2D eigenvalue weighted by Crippen LogP contribution is 2.33. The lowest BCUT2D eigenvalue weighted by molar-refractivity contribution is -0.132. The Labute approximate surface area is 180 Å². The van der Waals surface area contributed by atoms with Crippen LogP contribution in [0.25, 0.3) is 0 Å². The van der Waals surface area contributed by atoms with Crippen LogP contribution in [0.15, 0.2) is 53.4 Å². The molecule has 0 saturated carbocycles. The van der Waals surface area contributed by atoms with Crippen molar-refractivity contribution in [3.8, 4) is 0 Å². The van der Waals surface area contributed by atoms with E-state index in [1.807, 2.05) is 50.2 Å². The van der Waals surface area contributed by atoms with Gasteiger partial charge in [-0.2, -0.15) is 4.31 Å². The number of nitrogens with zero attached hydrogens (tertiary/aromatic N) is 1. The Morgan fingerprint density at radius 3 is 2.50 bits per heavy atom. The number of piperidine rings is 1. The molecule has 1 atom stereocenters. The molecule has 5 nitrogen and oxygen atoms in total. The van der Waals surface area contributed by atoms with Gasteiger partial charge in [0.25, 0.3) is 0 Å². The number of hydrogen-bond acceptors (Lipinski definition) is 3. The number of carbonyl (C=O) groups excluding carboxylic acids is 1. The summed E-state index contributed by atoms with van der Waals surface area (Å²) in [4.78, 5) is 13.3. The van der Waals surface area contributed by atoms with E-state index in [4.69, 9.17) is 0 Å². The first-order valence-electron chi connectivity index (χ1n) is 10.7. The molecule has 0 bridgehead atoms. The molecular weight excluding hydrogens is 396 g/mol. The van der Waals surface area contributed by atoms with Crippen LogP contribution in [0.3, 0.4) is 0 Å². The van der Waals surface area contributed by atoms with E-state index in [1.54, 1.807) is 12.1 Å². The van der Waals surface area contributed by atoms with Gasteiger partial charge in [-0.1, -0.05) is 49.7 Å². The molecule has 0 unspecified atom stereocenters. The van der Waals surface area contributed by atoms with Crippen LogP contribution >= 0.6 is 0 Å². The monoisotopic (exact) mass is 428 g/mol. The molecule has 1 aliphatic heterocycles. The van der Waals surface area contributed by atoms with Crippen LogP contribution in [0, 0.1) is 12.3 Å². The van der Waals surface area contributed by atoms with Crippen molar-refractivity contribution in [3.05, 3.63) is 65.2 Å². The molecule has 1 amide bonds. The first-order valence-corrected chi connectivity index (χ1v) is 12.1. The summed E-state index contributed by atoms with van der Waals surface area (Å²) in [5.74, 6) is -0.0936. The van der Waals surface area contributed by atoms with E-state index in [9.17, 15) is 13.2 Å². The van der Waals surface area contributed by atoms with Gasteiger partial charge in [0.05, 0.1) is 10.3 Å². The standard InChI is InChI=1S/C24H32N2O3S/c1-4-8-20-11-13-22(14-12-20)30(28,29)26-16-7-15-24(3,18-26)23(27)25-17-21-10-6-5-9-19(21)2/h5-6,9-14H,4,7-8,15-18H2,1-3H3,(H,25,27)/t24-/m1/s1. The fraction of sp³-hybridized carbons (Fsp3) is 0.458. The number of rotatable bonds is 7. The van der Waals surface area contributed by atoms with Gasteiger partial charge in [0.1, 0.15) is 0 Å². The maximum Gasteiger partial charge on any atom is 0.243 e. The molecule has 1 heterocycles. The Morgan fingerprint density at radius 1 is 1.13 bits per heavy atom. The van der Waals surface area contributed by atoms with Crippen LogP contribution in [-0.4, -0.2) is 31.7 Å². The van der Waals surface area contributed by atoms with Crippen molar-refractivity contribution < 1.29 is 13.2 Å². The highest BCUT2D eigenvalue weighted by atomic mass is 32.2. The topological polar surface area (TPSA) is 66.5 Å². The number of amides is 1. The zero-order valence-corrected chi connectivity index (χ0v) is 19.0. The molecule has 2 aromatic rings. The fourth-order valence-corrected chi connectivity index (χ4v) is 5.65. The summed E-state index contributed by atoms with van der Waals surface area (Å²) in [6.45, 7) is 7.08. The molecule has 0 radical (unpaired) electrons. The van der Waals surface area contributed by atoms with Gasteiger partial charge in [-0.25, -0.2) is 8.42 Å². The smallest absolute Gasteiger partial charge is 0.243 e. The maximum absolute atomic E-state index is 13.2. The molecule has 1 saturated heterocycles. The van der Waals surface area contributed by atoms with E-state index in [2.05, 4.69) is 12.2 Å². The van der Waals surface area contributed by atoms with Gasteiger partial charge in [0.15, 0.2) is 0 Å². The summed E-state index contributed by atoms with van der Waals surface area (Å²) >= 11 is 0. The van der Waals surface area contributed by atoms with Gasteiger partial charge in [-0.3, -0.25) is 4.79 Å². The lowest BCUT2D eigenvalue weighted by Crippen LogP contribution is -2.51. The minimum Gasteiger partial charge on any atom is -0.352 e. The van der Waals surface area contributed by atoms with E-state index in [0.29, 0.717) is 30.8 Å². The number of nitrogens with one attached hydrogen (secondary N) is 1. The number of sulfonamides is 1. The van der Waals surface area contributed by atoms with E-state index in [1.165, 1.54) is 4.31 Å². The summed E-state index contributed by atoms with van der Waals surface area (Å²) in [5, 5.41) is 3.02. The molecule has 1 N–H and O–H groups in total. The predicted molar refractivity (Wildman–Crippen MR) is 120 cm³/mol. The van der Waals surface area contributed by atoms with Crippen molar-refractivity contribution in [1.29, 1.82) is 0 Å². The zero-order chi connectivity index (χ0) is 21.8. The summed E-state index contributed by atoms with van der Waals surface area (Å²) in [5.41, 5.74) is 2.59. The lowest BCUT2D eigenvalue weighted by Gasteiger charge is -2.38. The fourth-order valence-electron chi connectivity index (χ4n) is 4.05. The number of hydrogen-bond donors (Lipinski definition) is 1. The van der Waals surface area contributed by atoms with E-state index in [0.717, 1.165) is 29.5 Å². The van der Waals surface area contributed by atoms with Crippen LogP contribution in [-0.2, 0) is 27.8 Å². The third-order valence-corrected chi connectivity index (χ3v) is 7.87. The van der Waals surface area contributed by atoms with Crippen LogP contribution in [0.2, 0.25) is 0 Å². The van der Waals surface area contributed by atoms with Gasteiger partial charge >= 0.3 is 0 Å². The third-order valence-electron chi connectivity index (χ3n) is 6.01. The Kier molecular flexibility index (Phi) is 6.98. The summed E-state index contributed by atoms with van der Waals surface area (Å²) in [6.07, 6.45) is 3.30. The summed E-state index contributed by atoms with van der Waals surface area (Å²) in [6, 6.07) is 15.1. The Hall–Kier alpha value is -2.18. The quantitative estimate of drug-likeness (QED) is 0.723. The van der Waals surface area contributed by atoms with Crippen LogP contribution < -0.4 is 5.32 Å². The predicted octanol–water partition coefficient (Wildman–Crippen LogP) is 4.05. The molecule has 0 aromatic heterocycles. The molecule has 3 rings (SSSR count). The molecule has 6 heteroatoms. The summed E-state index contributed by atoms with van der Waals surface area (Å²) in [7, 11) is -3.62. The molecule has 30 heavy (non-hydrogen) atoms. The molecule has 0 aliphatic carbocycles. The average Bonchev–Trinajstić information content (AvgIpc) is 2.73. The maximum atomic E-state index is 13.2. The Bertz CT molecular complexity index is 986. The van der Waals surface area contributed by atoms with E-state index >= 15 is 0 Å². The zero-order valence-electron chi connectivity index (χ0n) is 18.1. The largest absolute Gasteiger partial charge is 0.352 e. The van der Waals surface area contributed by atoms with Gasteiger partial charge in [0, 0.05) is 19.6 Å². The molecule has 2 aromatic carbocycles. The van der Waals surface area contributed by atoms with Crippen molar-refractivity contribution in [2.45, 2.75) is 57.9 Å². The number of carbonyl (C=O) groups is 1. The Balaban J connectivity index is 1.71. The van der Waals surface area contributed by atoms with Crippen LogP contribution in [0.1, 0.15) is 49.8 Å². The number of aryl methyl sites for hydroxylation is 2. The first-order chi connectivity index (χ1) is 14.3. The van der Waals surface area contributed by atoms with Crippen molar-refractivity contribution in [2.75, 3.05) is 13.1 Å². The van der Waals surface area contributed by atoms with Crippen LogP contribution in [0.5, 0.6) is 0 Å². The van der Waals surface area contributed by atoms with E-state index in [-0.39, 0.29) is 12.5 Å². The third kappa shape index (κ3) is 4.93. The summed E-state index contributed by atoms with van der Waals surface area (Å²) < 4.78 is 27.8. The lowest BCUT2D eigenvalue weighted by atomic mass is 9.82. The van der Waals surface area contributed by atoms with Gasteiger partial charge in [-0.15, -0.1) is 0 Å². The highest BCUT2D eigenvalue weighted by Gasteiger charge is 2.41. The molecule has 0 spiro atoms. The normalized spacial score (nSPS) is 20.1. The first kappa shape index (κ1) is 22.5. The highest BCUT2D eigenvalue weighted by molar-refractivity contribution is 7.89. The van der Waals surface area contributed by atoms with Crippen molar-refractivity contribution >= 4 is 15.9 Å². The number of benzene rings is 2. The molecule has 1 aliphatic rings. The second-order valence-corrected chi connectivity index (χ2v) is 10.4.